The van der Waals surface area contributed by atoms with Crippen molar-refractivity contribution in [2.75, 3.05) is 6.54 Å². The minimum atomic E-state index is -0.785. The van der Waals surface area contributed by atoms with Crippen LogP contribution in [0.25, 0.3) is 0 Å². The number of esters is 2. The van der Waals surface area contributed by atoms with Crippen LogP contribution < -0.4 is 11.1 Å². The number of carbonyl (C=O) groups excluding carboxylic acids is 2. The Morgan fingerprint density at radius 1 is 1.25 bits per heavy atom. The average Bonchev–Trinajstić information content (AvgIpc) is 3.11. The fourth-order valence-corrected chi connectivity index (χ4v) is 6.27. The average molecular weight is 449 g/mol. The van der Waals surface area contributed by atoms with Crippen LogP contribution >= 0.6 is 0 Å². The van der Waals surface area contributed by atoms with Gasteiger partial charge in [-0.1, -0.05) is 6.08 Å². The van der Waals surface area contributed by atoms with Crippen LogP contribution in [0, 0.1) is 17.8 Å². The van der Waals surface area contributed by atoms with Crippen molar-refractivity contribution in [1.29, 1.82) is 0 Å². The van der Waals surface area contributed by atoms with Crippen LogP contribution in [0.5, 0.6) is 0 Å². The first-order valence-corrected chi connectivity index (χ1v) is 12.3. The van der Waals surface area contributed by atoms with E-state index in [9.17, 15) is 9.59 Å². The standard InChI is InChI=1S/C25H40N2O5/c1-5-15(2)23(29)32-24(3,4)25(12-16-6-8-21(26)27-14-16)13-18-10-17-7-9-22(28)30-19(17)11-20(18)31-25/h5,16-21,27H,6-14,26H2,1-4H3. The summed E-state index contributed by atoms with van der Waals surface area (Å²) < 4.78 is 18.7. The van der Waals surface area contributed by atoms with E-state index in [1.165, 1.54) is 0 Å². The molecule has 0 radical (unpaired) electrons. The molecule has 1 aliphatic carbocycles. The summed E-state index contributed by atoms with van der Waals surface area (Å²) >= 11 is 0. The Kier molecular flexibility index (Phi) is 6.72. The SMILES string of the molecule is CC=C(C)C(=O)OC(C)(C)C1(CC2CCC(N)NC2)CC2CC3CCC(=O)OC3CC2O1. The Labute approximate surface area is 191 Å². The molecule has 0 spiro atoms. The van der Waals surface area contributed by atoms with Crippen molar-refractivity contribution < 1.29 is 23.8 Å². The predicted octanol–water partition coefficient (Wildman–Crippen LogP) is 3.21. The maximum atomic E-state index is 12.7. The lowest BCUT2D eigenvalue weighted by Crippen LogP contribution is -2.56. The van der Waals surface area contributed by atoms with Gasteiger partial charge in [-0.25, -0.2) is 4.79 Å². The summed E-state index contributed by atoms with van der Waals surface area (Å²) in [6.07, 6.45) is 8.66. The van der Waals surface area contributed by atoms with E-state index in [1.807, 2.05) is 20.8 Å². The Morgan fingerprint density at radius 3 is 2.72 bits per heavy atom. The van der Waals surface area contributed by atoms with Crippen LogP contribution in [0.2, 0.25) is 0 Å². The lowest BCUT2D eigenvalue weighted by atomic mass is 9.69. The molecule has 3 aliphatic heterocycles. The number of hydrogen-bond acceptors (Lipinski definition) is 7. The summed E-state index contributed by atoms with van der Waals surface area (Å²) in [6, 6.07) is 0. The molecule has 7 unspecified atom stereocenters. The van der Waals surface area contributed by atoms with Crippen molar-refractivity contribution in [2.24, 2.45) is 23.5 Å². The summed E-state index contributed by atoms with van der Waals surface area (Å²) in [7, 11) is 0. The van der Waals surface area contributed by atoms with E-state index >= 15 is 0 Å². The van der Waals surface area contributed by atoms with Gasteiger partial charge in [0.25, 0.3) is 0 Å². The van der Waals surface area contributed by atoms with Crippen molar-refractivity contribution in [3.8, 4) is 0 Å². The van der Waals surface area contributed by atoms with E-state index in [0.29, 0.717) is 29.7 Å². The van der Waals surface area contributed by atoms with E-state index in [1.54, 1.807) is 13.0 Å². The van der Waals surface area contributed by atoms with E-state index in [-0.39, 0.29) is 30.3 Å². The van der Waals surface area contributed by atoms with Crippen LogP contribution in [0.1, 0.15) is 79.1 Å². The second-order valence-corrected chi connectivity index (χ2v) is 10.9. The largest absolute Gasteiger partial charge is 0.462 e. The van der Waals surface area contributed by atoms with Crippen molar-refractivity contribution >= 4 is 11.9 Å². The molecule has 7 nitrogen and oxygen atoms in total. The van der Waals surface area contributed by atoms with Gasteiger partial charge in [0, 0.05) is 18.4 Å². The zero-order valence-corrected chi connectivity index (χ0v) is 20.0. The first kappa shape index (κ1) is 23.7. The number of allylic oxidation sites excluding steroid dienone is 1. The number of ether oxygens (including phenoxy) is 3. The lowest BCUT2D eigenvalue weighted by molar-refractivity contribution is -0.206. The highest BCUT2D eigenvalue weighted by Gasteiger charge is 2.60. The molecule has 4 aliphatic rings. The van der Waals surface area contributed by atoms with Gasteiger partial charge in [0.05, 0.1) is 12.3 Å². The Balaban J connectivity index is 1.57. The van der Waals surface area contributed by atoms with Crippen LogP contribution in [0.4, 0.5) is 0 Å². The minimum absolute atomic E-state index is 0.0294. The van der Waals surface area contributed by atoms with E-state index in [4.69, 9.17) is 19.9 Å². The van der Waals surface area contributed by atoms with Gasteiger partial charge >= 0.3 is 11.9 Å². The lowest BCUT2D eigenvalue weighted by Gasteiger charge is -2.46. The highest BCUT2D eigenvalue weighted by molar-refractivity contribution is 5.88. The van der Waals surface area contributed by atoms with Crippen LogP contribution in [0.3, 0.4) is 0 Å². The smallest absolute Gasteiger partial charge is 0.334 e. The van der Waals surface area contributed by atoms with Crippen molar-refractivity contribution in [3.05, 3.63) is 11.6 Å². The normalized spacial score (nSPS) is 40.3. The summed E-state index contributed by atoms with van der Waals surface area (Å²) in [5.41, 5.74) is 5.30. The number of nitrogens with one attached hydrogen (secondary N) is 1. The van der Waals surface area contributed by atoms with Crippen LogP contribution in [-0.2, 0) is 23.8 Å². The van der Waals surface area contributed by atoms with Gasteiger partial charge in [0.2, 0.25) is 0 Å². The van der Waals surface area contributed by atoms with Crippen molar-refractivity contribution in [2.45, 2.75) is 109 Å². The molecule has 7 atom stereocenters. The molecule has 3 N–H and O–H groups in total. The fourth-order valence-electron chi connectivity index (χ4n) is 6.27. The number of carbonyl (C=O) groups is 2. The Morgan fingerprint density at radius 2 is 2.03 bits per heavy atom. The molecule has 0 aromatic rings. The van der Waals surface area contributed by atoms with Gasteiger partial charge in [0.1, 0.15) is 17.3 Å². The molecular formula is C25H40N2O5. The molecule has 0 bridgehead atoms. The number of rotatable bonds is 5. The molecule has 32 heavy (non-hydrogen) atoms. The molecule has 3 heterocycles. The topological polar surface area (TPSA) is 99.9 Å². The van der Waals surface area contributed by atoms with Gasteiger partial charge in [-0.2, -0.15) is 0 Å². The molecular weight excluding hydrogens is 408 g/mol. The third-order valence-electron chi connectivity index (χ3n) is 8.47. The highest BCUT2D eigenvalue weighted by atomic mass is 16.6. The fraction of sp³-hybridized carbons (Fsp3) is 0.840. The Hall–Kier alpha value is -1.44. The van der Waals surface area contributed by atoms with Crippen LogP contribution in [0.15, 0.2) is 11.6 Å². The van der Waals surface area contributed by atoms with Gasteiger partial charge in [-0.3, -0.25) is 4.79 Å². The number of piperidine rings is 1. The van der Waals surface area contributed by atoms with Crippen molar-refractivity contribution in [1.82, 2.24) is 5.32 Å². The van der Waals surface area contributed by atoms with Crippen molar-refractivity contribution in [3.63, 3.8) is 0 Å². The maximum absolute atomic E-state index is 12.7. The van der Waals surface area contributed by atoms with Gasteiger partial charge in [-0.05, 0) is 90.5 Å². The third kappa shape index (κ3) is 4.62. The number of nitrogens with two attached hydrogens (primary N) is 1. The van der Waals surface area contributed by atoms with Gasteiger partial charge in [0.15, 0.2) is 0 Å². The monoisotopic (exact) mass is 448 g/mol. The summed E-state index contributed by atoms with van der Waals surface area (Å²) in [4.78, 5) is 24.6. The van der Waals surface area contributed by atoms with E-state index in [0.717, 1.165) is 51.5 Å². The van der Waals surface area contributed by atoms with E-state index in [2.05, 4.69) is 5.32 Å². The second kappa shape index (κ2) is 9.07. The highest BCUT2D eigenvalue weighted by Crippen LogP contribution is 2.54. The molecule has 180 valence electrons. The first-order chi connectivity index (χ1) is 15.1. The van der Waals surface area contributed by atoms with Gasteiger partial charge < -0.3 is 25.3 Å². The number of hydrogen-bond donors (Lipinski definition) is 2. The molecule has 1 saturated carbocycles. The molecule has 7 heteroatoms. The maximum Gasteiger partial charge on any atom is 0.334 e. The molecule has 4 rings (SSSR count). The zero-order valence-electron chi connectivity index (χ0n) is 20.0. The Bertz CT molecular complexity index is 757. The predicted molar refractivity (Wildman–Crippen MR) is 120 cm³/mol. The molecule has 0 amide bonds. The molecule has 0 aromatic carbocycles. The third-order valence-corrected chi connectivity index (χ3v) is 8.47. The van der Waals surface area contributed by atoms with E-state index < -0.39 is 11.2 Å². The molecule has 0 aromatic heterocycles. The minimum Gasteiger partial charge on any atom is -0.462 e. The van der Waals surface area contributed by atoms with Gasteiger partial charge in [-0.15, -0.1) is 0 Å². The molecule has 4 fully saturated rings. The quantitative estimate of drug-likeness (QED) is 0.492. The first-order valence-electron chi connectivity index (χ1n) is 12.3. The second-order valence-electron chi connectivity index (χ2n) is 10.9. The number of fused-ring (bicyclic) bond motifs is 2. The van der Waals surface area contributed by atoms with Crippen LogP contribution in [-0.4, -0.2) is 48.1 Å². The molecule has 3 saturated heterocycles. The summed E-state index contributed by atoms with van der Waals surface area (Å²) in [5.74, 6) is 0.846. The summed E-state index contributed by atoms with van der Waals surface area (Å²) in [6.45, 7) is 8.48. The summed E-state index contributed by atoms with van der Waals surface area (Å²) in [5, 5.41) is 3.40. The zero-order chi connectivity index (χ0) is 23.1.